The maximum Gasteiger partial charge on any atom is 0.325 e. The molecule has 0 aliphatic carbocycles. The molecule has 0 unspecified atom stereocenters. The number of amides is 1. The highest BCUT2D eigenvalue weighted by Crippen LogP contribution is 2.18. The van der Waals surface area contributed by atoms with Crippen molar-refractivity contribution in [3.05, 3.63) is 42.2 Å². The molecule has 2 rings (SSSR count). The van der Waals surface area contributed by atoms with Gasteiger partial charge in [-0.3, -0.25) is 9.59 Å². The van der Waals surface area contributed by atoms with E-state index in [2.05, 4.69) is 10.5 Å². The van der Waals surface area contributed by atoms with Crippen molar-refractivity contribution in [1.29, 1.82) is 0 Å². The van der Waals surface area contributed by atoms with Crippen LogP contribution < -0.4 is 5.32 Å². The summed E-state index contributed by atoms with van der Waals surface area (Å²) in [5.74, 6) is -1.74. The maximum absolute atomic E-state index is 11.7. The van der Waals surface area contributed by atoms with E-state index in [1.54, 1.807) is 0 Å². The molecule has 0 aliphatic rings. The molecule has 1 heterocycles. The maximum atomic E-state index is 11.7. The predicted octanol–water partition coefficient (Wildman–Crippen LogP) is 1.54. The number of hydrogen-bond acceptors (Lipinski definition) is 4. The van der Waals surface area contributed by atoms with Crippen LogP contribution in [-0.2, 0) is 4.79 Å². The van der Waals surface area contributed by atoms with Crippen molar-refractivity contribution >= 4 is 11.9 Å². The summed E-state index contributed by atoms with van der Waals surface area (Å²) in [5.41, 5.74) is 1.34. The second-order valence-corrected chi connectivity index (χ2v) is 3.98. The topological polar surface area (TPSA) is 92.4 Å². The number of carbonyl (C=O) groups is 2. The minimum atomic E-state index is -1.11. The molecular weight excluding hydrogens is 248 g/mol. The zero-order valence-electron chi connectivity index (χ0n) is 10.2. The van der Waals surface area contributed by atoms with E-state index in [4.69, 9.17) is 9.63 Å². The van der Waals surface area contributed by atoms with Crippen molar-refractivity contribution in [3.63, 3.8) is 0 Å². The first-order chi connectivity index (χ1) is 9.08. The lowest BCUT2D eigenvalue weighted by Gasteiger charge is -2.06. The van der Waals surface area contributed by atoms with E-state index in [9.17, 15) is 9.59 Å². The van der Waals surface area contributed by atoms with Gasteiger partial charge in [0.15, 0.2) is 0 Å². The Morgan fingerprint density at radius 1 is 1.32 bits per heavy atom. The smallest absolute Gasteiger partial charge is 0.325 e. The largest absolute Gasteiger partial charge is 0.480 e. The van der Waals surface area contributed by atoms with E-state index in [1.165, 1.54) is 13.0 Å². The van der Waals surface area contributed by atoms with Crippen LogP contribution in [0.3, 0.4) is 0 Å². The standard InChI is InChI=1S/C13H12N2O4/c1-8(13(17)18)14-12(16)11-7-10(15-19-11)9-5-3-2-4-6-9/h2-8H,1H3,(H,14,16)(H,17,18)/t8-/m1/s1. The molecule has 0 aliphatic heterocycles. The first-order valence-corrected chi connectivity index (χ1v) is 5.63. The van der Waals surface area contributed by atoms with Crippen LogP contribution in [0.25, 0.3) is 11.3 Å². The molecule has 6 heteroatoms. The van der Waals surface area contributed by atoms with Crippen LogP contribution in [-0.4, -0.2) is 28.2 Å². The SMILES string of the molecule is C[C@@H](NC(=O)c1cc(-c2ccccc2)no1)C(=O)O. The number of nitrogens with zero attached hydrogens (tertiary/aromatic N) is 1. The molecule has 0 saturated carbocycles. The minimum Gasteiger partial charge on any atom is -0.480 e. The van der Waals surface area contributed by atoms with Crippen molar-refractivity contribution < 1.29 is 19.2 Å². The Balaban J connectivity index is 2.13. The van der Waals surface area contributed by atoms with Gasteiger partial charge >= 0.3 is 5.97 Å². The molecule has 0 radical (unpaired) electrons. The second-order valence-electron chi connectivity index (χ2n) is 3.98. The zero-order valence-corrected chi connectivity index (χ0v) is 10.2. The lowest BCUT2D eigenvalue weighted by atomic mass is 10.1. The van der Waals surface area contributed by atoms with Crippen LogP contribution >= 0.6 is 0 Å². The predicted molar refractivity (Wildman–Crippen MR) is 66.5 cm³/mol. The molecule has 98 valence electrons. The van der Waals surface area contributed by atoms with Gasteiger partial charge in [0.05, 0.1) is 0 Å². The first kappa shape index (κ1) is 12.8. The van der Waals surface area contributed by atoms with Gasteiger partial charge in [-0.05, 0) is 6.92 Å². The van der Waals surface area contributed by atoms with E-state index in [0.717, 1.165) is 5.56 Å². The molecule has 0 fully saturated rings. The van der Waals surface area contributed by atoms with Crippen molar-refractivity contribution in [2.45, 2.75) is 13.0 Å². The molecule has 6 nitrogen and oxygen atoms in total. The number of carbonyl (C=O) groups excluding carboxylic acids is 1. The number of benzene rings is 1. The zero-order chi connectivity index (χ0) is 13.8. The third-order valence-corrected chi connectivity index (χ3v) is 2.52. The Labute approximate surface area is 109 Å². The summed E-state index contributed by atoms with van der Waals surface area (Å²) in [5, 5.41) is 14.8. The molecular formula is C13H12N2O4. The van der Waals surface area contributed by atoms with E-state index >= 15 is 0 Å². The van der Waals surface area contributed by atoms with Crippen LogP contribution in [0.2, 0.25) is 0 Å². The molecule has 0 spiro atoms. The summed E-state index contributed by atoms with van der Waals surface area (Å²) >= 11 is 0. The van der Waals surface area contributed by atoms with Crippen molar-refractivity contribution in [2.75, 3.05) is 0 Å². The fourth-order valence-electron chi connectivity index (χ4n) is 1.46. The lowest BCUT2D eigenvalue weighted by Crippen LogP contribution is -2.38. The quantitative estimate of drug-likeness (QED) is 0.869. The number of aliphatic carboxylic acids is 1. The number of nitrogens with one attached hydrogen (secondary N) is 1. The van der Waals surface area contributed by atoms with Gasteiger partial charge in [-0.2, -0.15) is 0 Å². The van der Waals surface area contributed by atoms with Crippen molar-refractivity contribution in [3.8, 4) is 11.3 Å². The summed E-state index contributed by atoms with van der Waals surface area (Å²) in [4.78, 5) is 22.3. The third-order valence-electron chi connectivity index (χ3n) is 2.52. The normalized spacial score (nSPS) is 11.8. The van der Waals surface area contributed by atoms with Gasteiger partial charge in [-0.15, -0.1) is 0 Å². The number of rotatable bonds is 4. The Hall–Kier alpha value is -2.63. The van der Waals surface area contributed by atoms with E-state index in [-0.39, 0.29) is 5.76 Å². The highest BCUT2D eigenvalue weighted by molar-refractivity contribution is 5.94. The highest BCUT2D eigenvalue weighted by atomic mass is 16.5. The van der Waals surface area contributed by atoms with Crippen LogP contribution in [0, 0.1) is 0 Å². The molecule has 1 atom stereocenters. The van der Waals surface area contributed by atoms with Gasteiger partial charge in [-0.1, -0.05) is 35.5 Å². The summed E-state index contributed by atoms with van der Waals surface area (Å²) in [6.07, 6.45) is 0. The molecule has 0 bridgehead atoms. The summed E-state index contributed by atoms with van der Waals surface area (Å²) < 4.78 is 4.91. The molecule has 0 saturated heterocycles. The number of hydrogen-bond donors (Lipinski definition) is 2. The lowest BCUT2D eigenvalue weighted by molar-refractivity contribution is -0.138. The number of carboxylic acids is 1. The van der Waals surface area contributed by atoms with Gasteiger partial charge in [-0.25, -0.2) is 0 Å². The Morgan fingerprint density at radius 3 is 2.63 bits per heavy atom. The van der Waals surface area contributed by atoms with Gasteiger partial charge in [0.25, 0.3) is 5.91 Å². The Bertz CT molecular complexity index is 592. The molecule has 1 amide bonds. The first-order valence-electron chi connectivity index (χ1n) is 5.63. The second kappa shape index (κ2) is 5.34. The van der Waals surface area contributed by atoms with Gasteiger partial charge in [0.1, 0.15) is 11.7 Å². The van der Waals surface area contributed by atoms with Crippen molar-refractivity contribution in [2.24, 2.45) is 0 Å². The van der Waals surface area contributed by atoms with Crippen LogP contribution in [0.1, 0.15) is 17.5 Å². The molecule has 2 aromatic rings. The molecule has 1 aromatic heterocycles. The van der Waals surface area contributed by atoms with Crippen molar-refractivity contribution in [1.82, 2.24) is 10.5 Å². The highest BCUT2D eigenvalue weighted by Gasteiger charge is 2.19. The van der Waals surface area contributed by atoms with E-state index in [0.29, 0.717) is 5.69 Å². The Morgan fingerprint density at radius 2 is 2.00 bits per heavy atom. The summed E-state index contributed by atoms with van der Waals surface area (Å²) in [7, 11) is 0. The third kappa shape index (κ3) is 2.98. The van der Waals surface area contributed by atoms with Crippen LogP contribution in [0.15, 0.2) is 40.9 Å². The summed E-state index contributed by atoms with van der Waals surface area (Å²) in [6, 6.07) is 9.70. The number of aromatic nitrogens is 1. The van der Waals surface area contributed by atoms with E-state index < -0.39 is 17.9 Å². The molecule has 19 heavy (non-hydrogen) atoms. The monoisotopic (exact) mass is 260 g/mol. The van der Waals surface area contributed by atoms with E-state index in [1.807, 2.05) is 30.3 Å². The Kier molecular flexibility index (Phi) is 3.61. The fraction of sp³-hybridized carbons (Fsp3) is 0.154. The van der Waals surface area contributed by atoms with Gasteiger partial charge in [0.2, 0.25) is 5.76 Å². The fourth-order valence-corrected chi connectivity index (χ4v) is 1.46. The average molecular weight is 260 g/mol. The average Bonchev–Trinajstić information content (AvgIpc) is 2.89. The van der Waals surface area contributed by atoms with Gasteiger partial charge < -0.3 is 14.9 Å². The van der Waals surface area contributed by atoms with Crippen LogP contribution in [0.5, 0.6) is 0 Å². The number of carboxylic acid groups (broad SMARTS) is 1. The molecule has 1 aromatic carbocycles. The van der Waals surface area contributed by atoms with Crippen LogP contribution in [0.4, 0.5) is 0 Å². The summed E-state index contributed by atoms with van der Waals surface area (Å²) in [6.45, 7) is 1.37. The molecule has 2 N–H and O–H groups in total. The minimum absolute atomic E-state index is 0.0213. The van der Waals surface area contributed by atoms with Gasteiger partial charge in [0, 0.05) is 11.6 Å².